The average molecular weight is 576 g/mol. The van der Waals surface area contributed by atoms with Crippen molar-refractivity contribution < 1.29 is 9.13 Å². The van der Waals surface area contributed by atoms with Crippen LogP contribution in [0.3, 0.4) is 0 Å². The fourth-order valence-corrected chi connectivity index (χ4v) is 6.81. The van der Waals surface area contributed by atoms with E-state index in [1.54, 1.807) is 6.07 Å². The van der Waals surface area contributed by atoms with E-state index in [-0.39, 0.29) is 33.5 Å². The molecule has 2 aromatic heterocycles. The van der Waals surface area contributed by atoms with Crippen molar-refractivity contribution in [1.82, 2.24) is 19.9 Å². The lowest BCUT2D eigenvalue weighted by Crippen LogP contribution is -2.31. The molecule has 38 heavy (non-hydrogen) atoms. The average Bonchev–Trinajstić information content (AvgIpc) is 3.41. The van der Waals surface area contributed by atoms with Gasteiger partial charge in [0.15, 0.2) is 10.9 Å². The fourth-order valence-electron chi connectivity index (χ4n) is 5.51. The molecule has 4 aromatic rings. The minimum absolute atomic E-state index is 0.111. The Labute approximate surface area is 234 Å². The molecule has 0 saturated carbocycles. The number of rotatable bonds is 5. The molecule has 2 atom stereocenters. The van der Waals surface area contributed by atoms with Crippen LogP contribution in [0.15, 0.2) is 24.3 Å². The van der Waals surface area contributed by atoms with E-state index in [4.69, 9.17) is 38.7 Å². The van der Waals surface area contributed by atoms with Crippen LogP contribution in [0.5, 0.6) is 6.01 Å². The van der Waals surface area contributed by atoms with Gasteiger partial charge in [-0.2, -0.15) is 9.97 Å². The van der Waals surface area contributed by atoms with Crippen molar-refractivity contribution in [1.29, 1.82) is 0 Å². The van der Waals surface area contributed by atoms with E-state index >= 15 is 4.39 Å². The third kappa shape index (κ3) is 4.85. The largest absolute Gasteiger partial charge is 0.462 e. The Morgan fingerprint density at radius 2 is 1.95 bits per heavy atom. The Balaban J connectivity index is 1.49. The molecule has 200 valence electrons. The second kappa shape index (κ2) is 10.6. The van der Waals surface area contributed by atoms with E-state index in [0.717, 1.165) is 49.9 Å². The summed E-state index contributed by atoms with van der Waals surface area (Å²) in [5, 5.41) is 1.35. The van der Waals surface area contributed by atoms with Crippen LogP contribution in [0, 0.1) is 5.82 Å². The highest BCUT2D eigenvalue weighted by Gasteiger charge is 2.27. The summed E-state index contributed by atoms with van der Waals surface area (Å²) in [6.45, 7) is 2.96. The summed E-state index contributed by atoms with van der Waals surface area (Å²) in [6.07, 6.45) is 4.85. The lowest BCUT2D eigenvalue weighted by Gasteiger charge is -2.25. The summed E-state index contributed by atoms with van der Waals surface area (Å²) in [5.74, 6) is 0.0992. The van der Waals surface area contributed by atoms with Crippen LogP contribution >= 0.6 is 34.5 Å². The molecule has 2 aliphatic heterocycles. The summed E-state index contributed by atoms with van der Waals surface area (Å²) < 4.78 is 23.5. The van der Waals surface area contributed by atoms with Gasteiger partial charge in [-0.15, -0.1) is 11.6 Å². The van der Waals surface area contributed by atoms with Crippen molar-refractivity contribution in [3.8, 4) is 17.1 Å². The number of thiazole rings is 1. The van der Waals surface area contributed by atoms with Crippen LogP contribution in [0.25, 0.3) is 32.2 Å². The van der Waals surface area contributed by atoms with Gasteiger partial charge in [-0.3, -0.25) is 0 Å². The molecule has 0 aliphatic carbocycles. The molecule has 1 unspecified atom stereocenters. The number of aromatic nitrogens is 3. The van der Waals surface area contributed by atoms with Gasteiger partial charge in [0.05, 0.1) is 15.2 Å². The van der Waals surface area contributed by atoms with Crippen molar-refractivity contribution in [3.05, 3.63) is 35.1 Å². The lowest BCUT2D eigenvalue weighted by atomic mass is 10.0. The summed E-state index contributed by atoms with van der Waals surface area (Å²) in [7, 11) is 2.09. The predicted octanol–water partition coefficient (Wildman–Crippen LogP) is 6.35. The van der Waals surface area contributed by atoms with Crippen molar-refractivity contribution in [2.45, 2.75) is 43.5 Å². The molecule has 0 bridgehead atoms. The number of fused-ring (bicyclic) bond motifs is 2. The minimum Gasteiger partial charge on any atom is -0.462 e. The van der Waals surface area contributed by atoms with E-state index in [9.17, 15) is 0 Å². The Morgan fingerprint density at radius 3 is 2.76 bits per heavy atom. The highest BCUT2D eigenvalue weighted by Crippen LogP contribution is 2.42. The molecule has 4 heterocycles. The van der Waals surface area contributed by atoms with Gasteiger partial charge in [-0.1, -0.05) is 35.1 Å². The molecule has 2 aliphatic rings. The van der Waals surface area contributed by atoms with Crippen molar-refractivity contribution in [2.24, 2.45) is 0 Å². The third-order valence-corrected chi connectivity index (χ3v) is 9.16. The zero-order chi connectivity index (χ0) is 26.4. The molecular formula is C27H29Cl2FN6OS. The molecule has 0 amide bonds. The Kier molecular flexibility index (Phi) is 7.20. The van der Waals surface area contributed by atoms with Crippen molar-refractivity contribution in [3.63, 3.8) is 0 Å². The van der Waals surface area contributed by atoms with Crippen LogP contribution in [-0.2, 0) is 0 Å². The number of nitrogen functional groups attached to an aromatic ring is 1. The highest BCUT2D eigenvalue weighted by atomic mass is 35.5. The maximum Gasteiger partial charge on any atom is 0.319 e. The smallest absolute Gasteiger partial charge is 0.319 e. The number of halogens is 3. The van der Waals surface area contributed by atoms with Gasteiger partial charge in [0, 0.05) is 41.0 Å². The number of anilines is 2. The molecule has 2 N–H and O–H groups in total. The summed E-state index contributed by atoms with van der Waals surface area (Å²) in [5.41, 5.74) is 7.59. The maximum absolute atomic E-state index is 16.5. The number of likely N-dealkylation sites (N-methyl/N-ethyl adjacent to an activating group) is 1. The molecule has 0 spiro atoms. The number of nitrogens with two attached hydrogens (primary N) is 1. The molecule has 11 heteroatoms. The number of nitrogens with zero attached hydrogens (tertiary/aromatic N) is 5. The Hall–Kier alpha value is -2.46. The molecule has 7 nitrogen and oxygen atoms in total. The highest BCUT2D eigenvalue weighted by molar-refractivity contribution is 7.22. The van der Waals surface area contributed by atoms with Crippen LogP contribution < -0.4 is 15.4 Å². The van der Waals surface area contributed by atoms with Gasteiger partial charge in [0.2, 0.25) is 0 Å². The number of hydrogen-bond acceptors (Lipinski definition) is 8. The van der Waals surface area contributed by atoms with Crippen LogP contribution in [0.2, 0.25) is 5.02 Å². The number of hydrogen-bond donors (Lipinski definition) is 1. The summed E-state index contributed by atoms with van der Waals surface area (Å²) in [4.78, 5) is 18.3. The third-order valence-electron chi connectivity index (χ3n) is 7.58. The zero-order valence-corrected chi connectivity index (χ0v) is 23.4. The second-order valence-electron chi connectivity index (χ2n) is 10.1. The molecule has 2 fully saturated rings. The van der Waals surface area contributed by atoms with Gasteiger partial charge in [0.25, 0.3) is 0 Å². The molecule has 2 saturated heterocycles. The van der Waals surface area contributed by atoms with Crippen molar-refractivity contribution in [2.75, 3.05) is 43.9 Å². The SMILES string of the molecule is CN1CCC[C@H]1COc1nc(N2CCCC(Cl)CC2)c2cc(Cl)c(-c3cccc4sc(N)nc34)c(F)c2n1. The second-order valence-corrected chi connectivity index (χ2v) is 12.2. The molecular weight excluding hydrogens is 546 g/mol. The first-order valence-electron chi connectivity index (χ1n) is 13.0. The zero-order valence-electron chi connectivity index (χ0n) is 21.1. The van der Waals surface area contributed by atoms with Gasteiger partial charge >= 0.3 is 6.01 Å². The maximum atomic E-state index is 16.5. The van der Waals surface area contributed by atoms with Crippen molar-refractivity contribution >= 4 is 66.6 Å². The first kappa shape index (κ1) is 25.8. The topological polar surface area (TPSA) is 80.4 Å². The lowest BCUT2D eigenvalue weighted by molar-refractivity contribution is 0.188. The first-order valence-corrected chi connectivity index (χ1v) is 14.6. The molecule has 2 aromatic carbocycles. The van der Waals surface area contributed by atoms with Crippen LogP contribution in [0.4, 0.5) is 15.3 Å². The minimum atomic E-state index is -0.525. The quantitative estimate of drug-likeness (QED) is 0.278. The molecule has 6 rings (SSSR count). The Morgan fingerprint density at radius 1 is 1.11 bits per heavy atom. The van der Waals surface area contributed by atoms with E-state index in [1.807, 2.05) is 18.2 Å². The number of alkyl halides is 1. The van der Waals surface area contributed by atoms with Crippen LogP contribution in [-0.4, -0.2) is 64.6 Å². The summed E-state index contributed by atoms with van der Waals surface area (Å²) >= 11 is 14.6. The van der Waals surface area contributed by atoms with E-state index in [1.165, 1.54) is 11.3 Å². The monoisotopic (exact) mass is 574 g/mol. The predicted molar refractivity (Wildman–Crippen MR) is 154 cm³/mol. The number of ether oxygens (including phenoxy) is 1. The van der Waals surface area contributed by atoms with E-state index in [0.29, 0.717) is 40.6 Å². The number of likely N-dealkylation sites (tertiary alicyclic amines) is 1. The van der Waals surface area contributed by atoms with Crippen LogP contribution in [0.1, 0.15) is 32.1 Å². The fraction of sp³-hybridized carbons (Fsp3) is 0.444. The van der Waals surface area contributed by atoms with E-state index < -0.39 is 5.82 Å². The van der Waals surface area contributed by atoms with Gasteiger partial charge in [-0.05, 0) is 57.8 Å². The van der Waals surface area contributed by atoms with Gasteiger partial charge < -0.3 is 20.3 Å². The van der Waals surface area contributed by atoms with Gasteiger partial charge in [-0.25, -0.2) is 9.37 Å². The Bertz CT molecular complexity index is 1500. The normalized spacial score (nSPS) is 20.9. The first-order chi connectivity index (χ1) is 18.4. The van der Waals surface area contributed by atoms with E-state index in [2.05, 4.69) is 26.8 Å². The molecule has 0 radical (unpaired) electrons. The number of para-hydroxylation sites is 1. The summed E-state index contributed by atoms with van der Waals surface area (Å²) in [6, 6.07) is 7.79. The standard InChI is InChI=1S/C27H29Cl2FN6OS/c1-35-10-4-6-16(35)14-37-27-33-24-18(25(34-27)36-11-3-5-15(28)9-12-36)13-19(29)21(22(24)30)17-7-2-8-20-23(17)32-26(31)38-20/h2,7-8,13,15-16H,3-6,9-12,14H2,1H3,(H2,31,32)/t15?,16-/m0/s1. The number of benzene rings is 2. The van der Waals surface area contributed by atoms with Gasteiger partial charge in [0.1, 0.15) is 17.9 Å².